The van der Waals surface area contributed by atoms with E-state index in [1.807, 2.05) is 0 Å². The second-order valence-electron chi connectivity index (χ2n) is 5.49. The van der Waals surface area contributed by atoms with Crippen LogP contribution in [0.4, 0.5) is 13.2 Å². The minimum Gasteiger partial charge on any atom is -0.406 e. The Morgan fingerprint density at radius 2 is 1.93 bits per heavy atom. The van der Waals surface area contributed by atoms with Gasteiger partial charge in [-0.05, 0) is 30.3 Å². The van der Waals surface area contributed by atoms with Crippen molar-refractivity contribution in [3.63, 3.8) is 0 Å². The van der Waals surface area contributed by atoms with Crippen LogP contribution in [-0.4, -0.2) is 32.0 Å². The smallest absolute Gasteiger partial charge is 0.406 e. The van der Waals surface area contributed by atoms with Crippen LogP contribution in [0.3, 0.4) is 0 Å². The van der Waals surface area contributed by atoms with Crippen molar-refractivity contribution < 1.29 is 22.7 Å². The number of aryl methyl sites for hydroxylation is 1. The number of aromatic nitrogens is 4. The molecule has 0 radical (unpaired) electrons. The van der Waals surface area contributed by atoms with Crippen LogP contribution in [0.15, 0.2) is 48.9 Å². The summed E-state index contributed by atoms with van der Waals surface area (Å²) in [4.78, 5) is 20.3. The zero-order chi connectivity index (χ0) is 19.4. The molecule has 0 unspecified atom stereocenters. The van der Waals surface area contributed by atoms with E-state index >= 15 is 0 Å². The van der Waals surface area contributed by atoms with Gasteiger partial charge in [-0.1, -0.05) is 0 Å². The van der Waals surface area contributed by atoms with Gasteiger partial charge in [-0.15, -0.1) is 13.2 Å². The highest BCUT2D eigenvalue weighted by Crippen LogP contribution is 2.22. The van der Waals surface area contributed by atoms with Crippen LogP contribution in [0, 0.1) is 0 Å². The van der Waals surface area contributed by atoms with Gasteiger partial charge in [0.1, 0.15) is 17.1 Å². The van der Waals surface area contributed by atoms with Gasteiger partial charge < -0.3 is 10.1 Å². The quantitative estimate of drug-likeness (QED) is 0.739. The Balaban J connectivity index is 1.63. The number of alkyl halides is 3. The Bertz CT molecular complexity index is 924. The number of hydrogen-bond donors (Lipinski definition) is 1. The van der Waals surface area contributed by atoms with Crippen LogP contribution in [0.1, 0.15) is 16.1 Å². The summed E-state index contributed by atoms with van der Waals surface area (Å²) in [6.45, 7) is 0.184. The summed E-state index contributed by atoms with van der Waals surface area (Å²) >= 11 is 0. The molecule has 27 heavy (non-hydrogen) atoms. The molecule has 0 aliphatic carbocycles. The predicted octanol–water partition coefficient (Wildman–Crippen LogP) is 2.71. The summed E-state index contributed by atoms with van der Waals surface area (Å²) in [6.07, 6.45) is -0.0877. The topological polar surface area (TPSA) is 81.9 Å². The number of carbonyl (C=O) groups excluding carboxylic acids is 1. The zero-order valence-corrected chi connectivity index (χ0v) is 14.1. The molecule has 3 rings (SSSR count). The molecule has 0 bridgehead atoms. The number of rotatable bonds is 5. The molecule has 140 valence electrons. The summed E-state index contributed by atoms with van der Waals surface area (Å²) in [5.74, 6) is -0.824. The molecular formula is C17H14F3N5O2. The highest BCUT2D eigenvalue weighted by Gasteiger charge is 2.31. The molecule has 0 aliphatic heterocycles. The minimum absolute atomic E-state index is 0.184. The third-order valence-electron chi connectivity index (χ3n) is 3.58. The predicted molar refractivity (Wildman–Crippen MR) is 88.5 cm³/mol. The Labute approximate surface area is 151 Å². The molecule has 0 aliphatic rings. The van der Waals surface area contributed by atoms with Crippen molar-refractivity contribution >= 4 is 5.91 Å². The van der Waals surface area contributed by atoms with Gasteiger partial charge >= 0.3 is 6.36 Å². The van der Waals surface area contributed by atoms with Crippen molar-refractivity contribution in [3.8, 4) is 17.1 Å². The van der Waals surface area contributed by atoms with E-state index in [1.54, 1.807) is 36.4 Å². The van der Waals surface area contributed by atoms with Gasteiger partial charge in [-0.2, -0.15) is 5.10 Å². The lowest BCUT2D eigenvalue weighted by atomic mass is 10.2. The van der Waals surface area contributed by atoms with E-state index in [4.69, 9.17) is 0 Å². The number of nitrogens with zero attached hydrogens (tertiary/aromatic N) is 4. The number of ether oxygens (including phenoxy) is 1. The lowest BCUT2D eigenvalue weighted by Gasteiger charge is -2.09. The number of amides is 1. The lowest BCUT2D eigenvalue weighted by Crippen LogP contribution is -2.24. The van der Waals surface area contributed by atoms with Gasteiger partial charge in [0.05, 0.1) is 18.4 Å². The molecule has 0 fully saturated rings. The first-order valence-corrected chi connectivity index (χ1v) is 7.75. The van der Waals surface area contributed by atoms with Crippen molar-refractivity contribution in [1.82, 2.24) is 25.1 Å². The summed E-state index contributed by atoms with van der Waals surface area (Å²) in [7, 11) is 1.73. The Kier molecular flexibility index (Phi) is 5.06. The second kappa shape index (κ2) is 7.44. The number of nitrogens with one attached hydrogen (secondary N) is 1. The summed E-state index contributed by atoms with van der Waals surface area (Å²) in [5, 5.41) is 7.01. The maximum absolute atomic E-state index is 12.2. The Morgan fingerprint density at radius 1 is 1.19 bits per heavy atom. The summed E-state index contributed by atoms with van der Waals surface area (Å²) in [6, 6.07) is 6.44. The monoisotopic (exact) mass is 377 g/mol. The maximum Gasteiger partial charge on any atom is 0.573 e. The molecule has 7 nitrogen and oxygen atoms in total. The third-order valence-corrected chi connectivity index (χ3v) is 3.58. The summed E-state index contributed by atoms with van der Waals surface area (Å²) in [5.41, 5.74) is 2.15. The molecule has 1 N–H and O–H groups in total. The molecule has 2 aromatic heterocycles. The van der Waals surface area contributed by atoms with Gasteiger partial charge in [0.2, 0.25) is 0 Å². The highest BCUT2D eigenvalue weighted by molar-refractivity contribution is 5.94. The molecule has 0 saturated heterocycles. The molecule has 10 heteroatoms. The summed E-state index contributed by atoms with van der Waals surface area (Å²) < 4.78 is 41.8. The van der Waals surface area contributed by atoms with Crippen molar-refractivity contribution in [2.24, 2.45) is 7.05 Å². The zero-order valence-electron chi connectivity index (χ0n) is 14.1. The molecule has 1 amide bonds. The van der Waals surface area contributed by atoms with E-state index < -0.39 is 12.3 Å². The first-order chi connectivity index (χ1) is 12.8. The van der Waals surface area contributed by atoms with Crippen LogP contribution in [-0.2, 0) is 13.6 Å². The van der Waals surface area contributed by atoms with Gasteiger partial charge in [-0.3, -0.25) is 19.4 Å². The van der Waals surface area contributed by atoms with Gasteiger partial charge in [0.25, 0.3) is 5.91 Å². The van der Waals surface area contributed by atoms with Crippen LogP contribution in [0.25, 0.3) is 11.4 Å². The van der Waals surface area contributed by atoms with Crippen molar-refractivity contribution in [2.45, 2.75) is 12.9 Å². The molecule has 3 aromatic rings. The lowest BCUT2D eigenvalue weighted by molar-refractivity contribution is -0.274. The number of carbonyl (C=O) groups is 1. The highest BCUT2D eigenvalue weighted by atomic mass is 19.4. The molecular weight excluding hydrogens is 363 g/mol. The van der Waals surface area contributed by atoms with Crippen molar-refractivity contribution in [2.75, 3.05) is 0 Å². The average Bonchev–Trinajstić information content (AvgIpc) is 3.00. The molecule has 1 aromatic carbocycles. The van der Waals surface area contributed by atoms with Crippen LogP contribution in [0.2, 0.25) is 0 Å². The SMILES string of the molecule is Cn1nc(-c2cnccn2)cc1CNC(=O)c1ccc(OC(F)(F)F)cc1. The fraction of sp³-hybridized carbons (Fsp3) is 0.176. The van der Waals surface area contributed by atoms with E-state index in [2.05, 4.69) is 25.1 Å². The van der Waals surface area contributed by atoms with E-state index in [1.165, 1.54) is 12.1 Å². The molecule has 2 heterocycles. The Hall–Kier alpha value is -3.43. The molecule has 0 spiro atoms. The fourth-order valence-corrected chi connectivity index (χ4v) is 2.31. The van der Waals surface area contributed by atoms with Gasteiger partial charge in [0, 0.05) is 25.0 Å². The van der Waals surface area contributed by atoms with E-state index in [9.17, 15) is 18.0 Å². The Morgan fingerprint density at radius 3 is 2.56 bits per heavy atom. The third kappa shape index (κ3) is 4.81. The van der Waals surface area contributed by atoms with Crippen molar-refractivity contribution in [3.05, 3.63) is 60.2 Å². The van der Waals surface area contributed by atoms with Gasteiger partial charge in [-0.25, -0.2) is 0 Å². The van der Waals surface area contributed by atoms with E-state index in [-0.39, 0.29) is 17.9 Å². The van der Waals surface area contributed by atoms with E-state index in [0.29, 0.717) is 11.4 Å². The van der Waals surface area contributed by atoms with Crippen LogP contribution < -0.4 is 10.1 Å². The van der Waals surface area contributed by atoms with Crippen LogP contribution in [0.5, 0.6) is 5.75 Å². The largest absolute Gasteiger partial charge is 0.573 e. The number of benzene rings is 1. The number of halogens is 3. The number of hydrogen-bond acceptors (Lipinski definition) is 5. The fourth-order valence-electron chi connectivity index (χ4n) is 2.31. The van der Waals surface area contributed by atoms with Crippen LogP contribution >= 0.6 is 0 Å². The molecule has 0 atom stereocenters. The maximum atomic E-state index is 12.2. The average molecular weight is 377 g/mol. The van der Waals surface area contributed by atoms with E-state index in [0.717, 1.165) is 17.8 Å². The second-order valence-corrected chi connectivity index (χ2v) is 5.49. The first kappa shape index (κ1) is 18.4. The molecule has 0 saturated carbocycles. The van der Waals surface area contributed by atoms with Crippen molar-refractivity contribution in [1.29, 1.82) is 0 Å². The standard InChI is InChI=1S/C17H14F3N5O2/c1-25-12(8-14(24-25)15-10-21-6-7-22-15)9-23-16(26)11-2-4-13(5-3-11)27-17(18,19)20/h2-8,10H,9H2,1H3,(H,23,26). The minimum atomic E-state index is -4.77. The normalized spacial score (nSPS) is 11.3. The first-order valence-electron chi connectivity index (χ1n) is 7.75. The van der Waals surface area contributed by atoms with Gasteiger partial charge in [0.15, 0.2) is 0 Å².